The molecule has 106 valence electrons. The minimum Gasteiger partial charge on any atom is -0.440 e. The molecule has 3 rings (SSSR count). The molecule has 0 unspecified atom stereocenters. The Morgan fingerprint density at radius 3 is 2.62 bits per heavy atom. The van der Waals surface area contributed by atoms with Crippen LogP contribution in [-0.2, 0) is 5.75 Å². The number of oxazole rings is 1. The summed E-state index contributed by atoms with van der Waals surface area (Å²) in [5, 5.41) is 0.638. The Bertz CT molecular complexity index is 745. The zero-order valence-electron chi connectivity index (χ0n) is 10.9. The molecule has 2 heterocycles. The van der Waals surface area contributed by atoms with Crippen LogP contribution in [0, 0.1) is 5.82 Å². The molecule has 21 heavy (non-hydrogen) atoms. The lowest BCUT2D eigenvalue weighted by atomic mass is 10.2. The minimum absolute atomic E-state index is 0.285. The first-order chi connectivity index (χ1) is 10.2. The van der Waals surface area contributed by atoms with Crippen LogP contribution in [-0.4, -0.2) is 15.0 Å². The number of nitrogen functional groups attached to an aromatic ring is 1. The summed E-state index contributed by atoms with van der Waals surface area (Å²) in [6, 6.07) is 6.06. The molecule has 0 aliphatic rings. The molecule has 0 amide bonds. The van der Waals surface area contributed by atoms with Crippen LogP contribution in [0.1, 0.15) is 5.89 Å². The van der Waals surface area contributed by atoms with E-state index in [4.69, 9.17) is 10.2 Å². The fourth-order valence-electron chi connectivity index (χ4n) is 1.70. The Morgan fingerprint density at radius 1 is 1.10 bits per heavy atom. The number of anilines is 1. The van der Waals surface area contributed by atoms with E-state index in [1.54, 1.807) is 24.5 Å². The molecule has 0 saturated heterocycles. The van der Waals surface area contributed by atoms with E-state index in [0.717, 1.165) is 5.56 Å². The van der Waals surface area contributed by atoms with Crippen molar-refractivity contribution in [1.29, 1.82) is 0 Å². The largest absolute Gasteiger partial charge is 0.440 e. The van der Waals surface area contributed by atoms with E-state index in [1.807, 2.05) is 0 Å². The fraction of sp³-hybridized carbons (Fsp3) is 0.0714. The predicted octanol–water partition coefficient (Wildman–Crippen LogP) is 3.15. The Labute approximate surface area is 124 Å². The molecule has 3 aromatic rings. The van der Waals surface area contributed by atoms with Gasteiger partial charge in [0.2, 0.25) is 5.89 Å². The number of rotatable bonds is 4. The molecule has 0 aliphatic heterocycles. The van der Waals surface area contributed by atoms with E-state index in [1.165, 1.54) is 30.1 Å². The molecule has 5 nitrogen and oxygen atoms in total. The Kier molecular flexibility index (Phi) is 3.83. The van der Waals surface area contributed by atoms with Crippen LogP contribution in [0.15, 0.2) is 52.3 Å². The van der Waals surface area contributed by atoms with Gasteiger partial charge in [0.1, 0.15) is 10.8 Å². The Hall–Kier alpha value is -2.41. The molecule has 0 bridgehead atoms. The molecule has 2 aromatic heterocycles. The van der Waals surface area contributed by atoms with Crippen molar-refractivity contribution in [2.24, 2.45) is 0 Å². The lowest BCUT2D eigenvalue weighted by Gasteiger charge is -2.00. The van der Waals surface area contributed by atoms with E-state index in [2.05, 4.69) is 15.0 Å². The second-order valence-electron chi connectivity index (χ2n) is 4.16. The third-order valence-electron chi connectivity index (χ3n) is 2.71. The van der Waals surface area contributed by atoms with Gasteiger partial charge in [0.05, 0.1) is 11.9 Å². The maximum absolute atomic E-state index is 12.9. The van der Waals surface area contributed by atoms with Crippen molar-refractivity contribution in [3.63, 3.8) is 0 Å². The van der Waals surface area contributed by atoms with Gasteiger partial charge in [-0.1, -0.05) is 11.8 Å². The van der Waals surface area contributed by atoms with Crippen molar-refractivity contribution in [2.75, 3.05) is 5.73 Å². The number of nitrogens with zero attached hydrogens (tertiary/aromatic N) is 3. The number of hydrogen-bond acceptors (Lipinski definition) is 6. The summed E-state index contributed by atoms with van der Waals surface area (Å²) in [6.45, 7) is 0. The zero-order chi connectivity index (χ0) is 14.7. The van der Waals surface area contributed by atoms with Crippen molar-refractivity contribution in [3.05, 3.63) is 54.6 Å². The standard InChI is InChI=1S/C14H11FN4OS/c15-10-3-1-9(2-4-10)11-7-19-12(20-11)8-21-14-13(16)17-5-6-18-14/h1-7H,8H2,(H2,16,17). The number of hydrogen-bond donors (Lipinski definition) is 1. The van der Waals surface area contributed by atoms with E-state index >= 15 is 0 Å². The monoisotopic (exact) mass is 302 g/mol. The van der Waals surface area contributed by atoms with Crippen LogP contribution < -0.4 is 5.73 Å². The topological polar surface area (TPSA) is 77.8 Å². The van der Waals surface area contributed by atoms with Crippen molar-refractivity contribution in [3.8, 4) is 11.3 Å². The number of nitrogens with two attached hydrogens (primary N) is 1. The summed E-state index contributed by atoms with van der Waals surface area (Å²) >= 11 is 1.40. The summed E-state index contributed by atoms with van der Waals surface area (Å²) < 4.78 is 18.5. The molecule has 0 atom stereocenters. The van der Waals surface area contributed by atoms with Gasteiger partial charge in [-0.05, 0) is 24.3 Å². The average Bonchev–Trinajstić information content (AvgIpc) is 2.96. The summed E-state index contributed by atoms with van der Waals surface area (Å²) in [4.78, 5) is 12.3. The maximum Gasteiger partial charge on any atom is 0.205 e. The molecule has 7 heteroatoms. The van der Waals surface area contributed by atoms with E-state index in [9.17, 15) is 4.39 Å². The third-order valence-corrected chi connectivity index (χ3v) is 3.69. The van der Waals surface area contributed by atoms with Gasteiger partial charge in [0.25, 0.3) is 0 Å². The molecule has 0 aliphatic carbocycles. The van der Waals surface area contributed by atoms with Gasteiger partial charge in [-0.2, -0.15) is 0 Å². The number of aromatic nitrogens is 3. The van der Waals surface area contributed by atoms with E-state index in [-0.39, 0.29) is 5.82 Å². The van der Waals surface area contributed by atoms with Crippen molar-refractivity contribution in [2.45, 2.75) is 10.8 Å². The molecule has 0 radical (unpaired) electrons. The Balaban J connectivity index is 1.71. The van der Waals surface area contributed by atoms with Crippen molar-refractivity contribution in [1.82, 2.24) is 15.0 Å². The van der Waals surface area contributed by atoms with Gasteiger partial charge < -0.3 is 10.2 Å². The van der Waals surface area contributed by atoms with Crippen LogP contribution in [0.25, 0.3) is 11.3 Å². The summed E-state index contributed by atoms with van der Waals surface area (Å²) in [5.74, 6) is 1.73. The van der Waals surface area contributed by atoms with Gasteiger partial charge in [-0.3, -0.25) is 0 Å². The third kappa shape index (κ3) is 3.19. The second kappa shape index (κ2) is 5.92. The highest BCUT2D eigenvalue weighted by Crippen LogP contribution is 2.26. The van der Waals surface area contributed by atoms with Crippen LogP contribution in [0.4, 0.5) is 10.2 Å². The van der Waals surface area contributed by atoms with Crippen molar-refractivity contribution < 1.29 is 8.81 Å². The molecular formula is C14H11FN4OS. The van der Waals surface area contributed by atoms with Crippen LogP contribution in [0.5, 0.6) is 0 Å². The van der Waals surface area contributed by atoms with Gasteiger partial charge in [-0.15, -0.1) is 0 Å². The molecule has 0 saturated carbocycles. The number of halogens is 1. The maximum atomic E-state index is 12.9. The number of thioether (sulfide) groups is 1. The first-order valence-electron chi connectivity index (χ1n) is 6.12. The molecule has 1 aromatic carbocycles. The van der Waals surface area contributed by atoms with Crippen LogP contribution in [0.3, 0.4) is 0 Å². The molecule has 0 spiro atoms. The highest BCUT2D eigenvalue weighted by atomic mass is 32.2. The Morgan fingerprint density at radius 2 is 1.86 bits per heavy atom. The van der Waals surface area contributed by atoms with Gasteiger partial charge in [-0.25, -0.2) is 19.3 Å². The first kappa shape index (κ1) is 13.6. The molecular weight excluding hydrogens is 291 g/mol. The first-order valence-corrected chi connectivity index (χ1v) is 7.11. The SMILES string of the molecule is Nc1nccnc1SCc1ncc(-c2ccc(F)cc2)o1. The van der Waals surface area contributed by atoms with Crippen LogP contribution >= 0.6 is 11.8 Å². The zero-order valence-corrected chi connectivity index (χ0v) is 11.7. The highest BCUT2D eigenvalue weighted by molar-refractivity contribution is 7.98. The fourth-order valence-corrected chi connectivity index (χ4v) is 2.43. The predicted molar refractivity (Wildman–Crippen MR) is 77.9 cm³/mol. The van der Waals surface area contributed by atoms with E-state index < -0.39 is 0 Å². The van der Waals surface area contributed by atoms with Gasteiger partial charge >= 0.3 is 0 Å². The highest BCUT2D eigenvalue weighted by Gasteiger charge is 2.09. The molecule has 2 N–H and O–H groups in total. The molecule has 0 fully saturated rings. The average molecular weight is 302 g/mol. The summed E-state index contributed by atoms with van der Waals surface area (Å²) in [7, 11) is 0. The second-order valence-corrected chi connectivity index (χ2v) is 5.12. The minimum atomic E-state index is -0.285. The van der Waals surface area contributed by atoms with Gasteiger partial charge in [0, 0.05) is 18.0 Å². The van der Waals surface area contributed by atoms with Crippen LogP contribution in [0.2, 0.25) is 0 Å². The van der Waals surface area contributed by atoms with Crippen molar-refractivity contribution >= 4 is 17.6 Å². The summed E-state index contributed by atoms with van der Waals surface area (Å²) in [6.07, 6.45) is 4.73. The normalized spacial score (nSPS) is 10.7. The van der Waals surface area contributed by atoms with E-state index in [0.29, 0.717) is 28.2 Å². The lowest BCUT2D eigenvalue weighted by Crippen LogP contribution is -1.94. The quantitative estimate of drug-likeness (QED) is 0.746. The van der Waals surface area contributed by atoms with Gasteiger partial charge in [0.15, 0.2) is 11.6 Å². The number of benzene rings is 1. The smallest absolute Gasteiger partial charge is 0.205 e. The lowest BCUT2D eigenvalue weighted by molar-refractivity contribution is 0.529. The summed E-state index contributed by atoms with van der Waals surface area (Å²) in [5.41, 5.74) is 6.49.